The number of para-hydroxylation sites is 1. The van der Waals surface area contributed by atoms with E-state index < -0.39 is 21.7 Å². The molecule has 3 aromatic rings. The highest BCUT2D eigenvalue weighted by molar-refractivity contribution is 7.89. The molecule has 0 radical (unpaired) electrons. The summed E-state index contributed by atoms with van der Waals surface area (Å²) in [5.41, 5.74) is 0.637. The molecule has 2 unspecified atom stereocenters. The highest BCUT2D eigenvalue weighted by atomic mass is 32.2. The molecule has 0 aliphatic carbocycles. The maximum Gasteiger partial charge on any atom is 0.279 e. The Morgan fingerprint density at radius 3 is 2.47 bits per heavy atom. The van der Waals surface area contributed by atoms with Crippen LogP contribution >= 0.6 is 11.3 Å². The highest BCUT2D eigenvalue weighted by Gasteiger charge is 2.31. The Bertz CT molecular complexity index is 1350. The van der Waals surface area contributed by atoms with E-state index in [1.54, 1.807) is 23.8 Å². The molecule has 10 heteroatoms. The first-order valence-electron chi connectivity index (χ1n) is 11.2. The molecule has 2 aromatic carbocycles. The molecule has 1 aliphatic heterocycles. The molecule has 182 valence electrons. The van der Waals surface area contributed by atoms with Crippen LogP contribution in [0.2, 0.25) is 0 Å². The number of methoxy groups -OCH3 is 1. The van der Waals surface area contributed by atoms with E-state index in [4.69, 9.17) is 4.74 Å². The summed E-state index contributed by atoms with van der Waals surface area (Å²) >= 11 is 1.22. The number of hydrogen-bond donors (Lipinski definition) is 0. The molecule has 1 aromatic heterocycles. The van der Waals surface area contributed by atoms with Gasteiger partial charge in [-0.1, -0.05) is 31.3 Å². The summed E-state index contributed by atoms with van der Waals surface area (Å²) in [6.45, 7) is 5.77. The average Bonchev–Trinajstić information content (AvgIpc) is 3.15. The van der Waals surface area contributed by atoms with Crippen molar-refractivity contribution in [1.29, 1.82) is 0 Å². The summed E-state index contributed by atoms with van der Waals surface area (Å²) in [7, 11) is -2.08. The van der Waals surface area contributed by atoms with Crippen LogP contribution in [0, 0.1) is 17.7 Å². The SMILES string of the molecule is COCCn1c(=NC(=O)c2ccc(S(=O)(=O)N3CC(C)CC(C)C3)cc2)sc2cccc(F)c21. The normalized spacial score (nSPS) is 20.2. The molecule has 0 bridgehead atoms. The number of carbonyl (C=O) groups is 1. The third-order valence-electron chi connectivity index (χ3n) is 5.94. The maximum absolute atomic E-state index is 14.5. The third kappa shape index (κ3) is 5.00. The van der Waals surface area contributed by atoms with Gasteiger partial charge in [-0.2, -0.15) is 9.30 Å². The Morgan fingerprint density at radius 1 is 1.15 bits per heavy atom. The first-order valence-corrected chi connectivity index (χ1v) is 13.4. The first kappa shape index (κ1) is 24.7. The molecule has 1 fully saturated rings. The number of rotatable bonds is 6. The average molecular weight is 506 g/mol. The summed E-state index contributed by atoms with van der Waals surface area (Å²) in [5.74, 6) is -0.319. The Balaban J connectivity index is 1.64. The topological polar surface area (TPSA) is 81.0 Å². The van der Waals surface area contributed by atoms with Crippen molar-refractivity contribution >= 4 is 37.5 Å². The van der Waals surface area contributed by atoms with Gasteiger partial charge < -0.3 is 9.30 Å². The number of hydrogen-bond acceptors (Lipinski definition) is 5. The van der Waals surface area contributed by atoms with E-state index in [1.807, 2.05) is 0 Å². The van der Waals surface area contributed by atoms with Crippen molar-refractivity contribution in [3.8, 4) is 0 Å². The van der Waals surface area contributed by atoms with Crippen molar-refractivity contribution in [2.75, 3.05) is 26.8 Å². The van der Waals surface area contributed by atoms with Crippen LogP contribution < -0.4 is 4.80 Å². The van der Waals surface area contributed by atoms with E-state index >= 15 is 0 Å². The lowest BCUT2D eigenvalue weighted by atomic mass is 9.94. The second kappa shape index (κ2) is 10.1. The van der Waals surface area contributed by atoms with Crippen LogP contribution in [0.4, 0.5) is 4.39 Å². The van der Waals surface area contributed by atoms with Gasteiger partial charge in [0.1, 0.15) is 5.82 Å². The van der Waals surface area contributed by atoms with E-state index in [-0.39, 0.29) is 10.5 Å². The third-order valence-corrected chi connectivity index (χ3v) is 8.83. The molecule has 1 amide bonds. The van der Waals surface area contributed by atoms with E-state index in [1.165, 1.54) is 46.0 Å². The van der Waals surface area contributed by atoms with Gasteiger partial charge in [0.25, 0.3) is 5.91 Å². The molecule has 0 spiro atoms. The number of carbonyl (C=O) groups excluding carboxylic acids is 1. The molecule has 2 atom stereocenters. The number of aromatic nitrogens is 1. The van der Waals surface area contributed by atoms with Gasteiger partial charge in [-0.05, 0) is 54.7 Å². The first-order chi connectivity index (χ1) is 16.2. The largest absolute Gasteiger partial charge is 0.383 e. The second-order valence-electron chi connectivity index (χ2n) is 8.83. The number of sulfonamides is 1. The molecule has 1 aliphatic rings. The molecular formula is C24H28FN3O4S2. The van der Waals surface area contributed by atoms with Gasteiger partial charge >= 0.3 is 0 Å². The van der Waals surface area contributed by atoms with Crippen molar-refractivity contribution in [3.63, 3.8) is 0 Å². The fraction of sp³-hybridized carbons (Fsp3) is 0.417. The summed E-state index contributed by atoms with van der Waals surface area (Å²) < 4.78 is 49.6. The van der Waals surface area contributed by atoms with Crippen molar-refractivity contribution in [1.82, 2.24) is 8.87 Å². The lowest BCUT2D eigenvalue weighted by Crippen LogP contribution is -2.42. The van der Waals surface area contributed by atoms with Gasteiger partial charge in [0, 0.05) is 32.3 Å². The van der Waals surface area contributed by atoms with Crippen LogP contribution in [0.3, 0.4) is 0 Å². The predicted octanol–water partition coefficient (Wildman–Crippen LogP) is 3.90. The van der Waals surface area contributed by atoms with Crippen molar-refractivity contribution in [2.24, 2.45) is 16.8 Å². The summed E-state index contributed by atoms with van der Waals surface area (Å²) in [5, 5.41) is 0. The Kier molecular flexibility index (Phi) is 7.32. The minimum atomic E-state index is -3.63. The van der Waals surface area contributed by atoms with Gasteiger partial charge in [0.05, 0.1) is 21.7 Å². The minimum Gasteiger partial charge on any atom is -0.383 e. The van der Waals surface area contributed by atoms with E-state index in [9.17, 15) is 17.6 Å². The number of amides is 1. The Labute approximate surface area is 202 Å². The fourth-order valence-corrected chi connectivity index (χ4v) is 7.18. The monoisotopic (exact) mass is 505 g/mol. The van der Waals surface area contributed by atoms with Crippen LogP contribution in [0.1, 0.15) is 30.6 Å². The fourth-order valence-electron chi connectivity index (χ4n) is 4.43. The molecule has 1 saturated heterocycles. The van der Waals surface area contributed by atoms with Gasteiger partial charge in [-0.15, -0.1) is 0 Å². The van der Waals surface area contributed by atoms with Gasteiger partial charge in [0.2, 0.25) is 10.0 Å². The van der Waals surface area contributed by atoms with Crippen molar-refractivity contribution in [2.45, 2.75) is 31.7 Å². The summed E-state index contributed by atoms with van der Waals surface area (Å²) in [6.07, 6.45) is 1.01. The van der Waals surface area contributed by atoms with E-state index in [2.05, 4.69) is 18.8 Å². The zero-order valence-corrected chi connectivity index (χ0v) is 21.0. The molecular weight excluding hydrogens is 477 g/mol. The lowest BCUT2D eigenvalue weighted by molar-refractivity contribution is 0.0997. The van der Waals surface area contributed by atoms with Crippen LogP contribution in [-0.2, 0) is 21.3 Å². The highest BCUT2D eigenvalue weighted by Crippen LogP contribution is 2.27. The molecule has 4 rings (SSSR count). The zero-order chi connectivity index (χ0) is 24.5. The molecule has 0 N–H and O–H groups in total. The number of thiazole rings is 1. The lowest BCUT2D eigenvalue weighted by Gasteiger charge is -2.34. The van der Waals surface area contributed by atoms with Gasteiger partial charge in [-0.25, -0.2) is 12.8 Å². The molecule has 0 saturated carbocycles. The second-order valence-corrected chi connectivity index (χ2v) is 11.8. The number of piperidine rings is 1. The van der Waals surface area contributed by atoms with Crippen LogP contribution in [0.15, 0.2) is 52.4 Å². The van der Waals surface area contributed by atoms with E-state index in [0.29, 0.717) is 53.1 Å². The van der Waals surface area contributed by atoms with Crippen LogP contribution in [0.5, 0.6) is 0 Å². The summed E-state index contributed by atoms with van der Waals surface area (Å²) in [4.78, 5) is 17.6. The molecule has 34 heavy (non-hydrogen) atoms. The summed E-state index contributed by atoms with van der Waals surface area (Å²) in [6, 6.07) is 10.6. The van der Waals surface area contributed by atoms with Crippen molar-refractivity contribution in [3.05, 3.63) is 58.6 Å². The predicted molar refractivity (Wildman–Crippen MR) is 130 cm³/mol. The quantitative estimate of drug-likeness (QED) is 0.509. The number of fused-ring (bicyclic) bond motifs is 1. The van der Waals surface area contributed by atoms with E-state index in [0.717, 1.165) is 6.42 Å². The minimum absolute atomic E-state index is 0.157. The number of halogens is 1. The van der Waals surface area contributed by atoms with Crippen molar-refractivity contribution < 1.29 is 22.3 Å². The van der Waals surface area contributed by atoms with Gasteiger partial charge in [0.15, 0.2) is 4.80 Å². The number of nitrogens with zero attached hydrogens (tertiary/aromatic N) is 3. The van der Waals surface area contributed by atoms with Gasteiger partial charge in [-0.3, -0.25) is 4.79 Å². The Hall–Kier alpha value is -2.40. The number of ether oxygens (including phenoxy) is 1. The standard InChI is InChI=1S/C24H28FN3O4S2/c1-16-13-17(2)15-27(14-16)34(30,31)19-9-7-18(8-10-19)23(29)26-24-28(11-12-32-3)22-20(25)5-4-6-21(22)33-24/h4-10,16-17H,11-15H2,1-3H3. The number of benzene rings is 2. The maximum atomic E-state index is 14.5. The van der Waals surface area contributed by atoms with Crippen LogP contribution in [0.25, 0.3) is 10.2 Å². The smallest absolute Gasteiger partial charge is 0.279 e. The molecule has 2 heterocycles. The Morgan fingerprint density at radius 2 is 1.82 bits per heavy atom. The van der Waals surface area contributed by atoms with Crippen LogP contribution in [-0.4, -0.2) is 50.0 Å². The molecule has 7 nitrogen and oxygen atoms in total. The zero-order valence-electron chi connectivity index (χ0n) is 19.4.